The standard InChI is InChI=1S/C18H18N2O2/c1-13-8-9-14(2)18(10-13)22-12-15-6-4-5-7-16(15)17(11-19)20-21-3/h4-10H,12H2,1-3H3/b20-17+. The number of ether oxygens (including phenoxy) is 1. The first-order valence-corrected chi connectivity index (χ1v) is 6.95. The van der Waals surface area contributed by atoms with Crippen LogP contribution in [0, 0.1) is 25.2 Å². The summed E-state index contributed by atoms with van der Waals surface area (Å²) >= 11 is 0. The van der Waals surface area contributed by atoms with Gasteiger partial charge in [-0.05, 0) is 36.6 Å². The van der Waals surface area contributed by atoms with Crippen molar-refractivity contribution in [3.05, 3.63) is 64.7 Å². The van der Waals surface area contributed by atoms with E-state index in [0.717, 1.165) is 28.0 Å². The smallest absolute Gasteiger partial charge is 0.187 e. The Morgan fingerprint density at radius 3 is 2.68 bits per heavy atom. The first-order chi connectivity index (χ1) is 10.7. The Morgan fingerprint density at radius 1 is 1.18 bits per heavy atom. The van der Waals surface area contributed by atoms with Crippen molar-refractivity contribution in [2.45, 2.75) is 20.5 Å². The SMILES string of the molecule is CO/N=C(\C#N)c1ccccc1COc1cc(C)ccc1C. The van der Waals surface area contributed by atoms with Crippen molar-refractivity contribution in [1.82, 2.24) is 0 Å². The zero-order valence-corrected chi connectivity index (χ0v) is 13.0. The van der Waals surface area contributed by atoms with Gasteiger partial charge in [-0.15, -0.1) is 0 Å². The van der Waals surface area contributed by atoms with Crippen molar-refractivity contribution >= 4 is 5.71 Å². The maximum absolute atomic E-state index is 9.20. The maximum Gasteiger partial charge on any atom is 0.187 e. The van der Waals surface area contributed by atoms with Crippen LogP contribution in [0.1, 0.15) is 22.3 Å². The zero-order valence-electron chi connectivity index (χ0n) is 13.0. The highest BCUT2D eigenvalue weighted by atomic mass is 16.6. The summed E-state index contributed by atoms with van der Waals surface area (Å²) in [5.74, 6) is 0.844. The van der Waals surface area contributed by atoms with Crippen molar-refractivity contribution < 1.29 is 9.57 Å². The Morgan fingerprint density at radius 2 is 1.95 bits per heavy atom. The number of rotatable bonds is 5. The van der Waals surface area contributed by atoms with Crippen LogP contribution >= 0.6 is 0 Å². The van der Waals surface area contributed by atoms with Gasteiger partial charge in [-0.25, -0.2) is 0 Å². The lowest BCUT2D eigenvalue weighted by atomic mass is 10.0. The average molecular weight is 294 g/mol. The van der Waals surface area contributed by atoms with E-state index in [-0.39, 0.29) is 5.71 Å². The maximum atomic E-state index is 9.20. The Labute approximate surface area is 130 Å². The van der Waals surface area contributed by atoms with E-state index in [1.807, 2.05) is 56.3 Å². The summed E-state index contributed by atoms with van der Waals surface area (Å²) in [4.78, 5) is 4.73. The molecular formula is C18H18N2O2. The van der Waals surface area contributed by atoms with Gasteiger partial charge in [0.05, 0.1) is 0 Å². The lowest BCUT2D eigenvalue weighted by Gasteiger charge is -2.12. The van der Waals surface area contributed by atoms with Crippen LogP contribution in [0.5, 0.6) is 5.75 Å². The van der Waals surface area contributed by atoms with Gasteiger partial charge in [-0.2, -0.15) is 5.26 Å². The number of oxime groups is 1. The lowest BCUT2D eigenvalue weighted by molar-refractivity contribution is 0.214. The number of hydrogen-bond donors (Lipinski definition) is 0. The second-order valence-corrected chi connectivity index (χ2v) is 4.95. The monoisotopic (exact) mass is 294 g/mol. The van der Waals surface area contributed by atoms with Crippen molar-refractivity contribution in [2.24, 2.45) is 5.16 Å². The summed E-state index contributed by atoms with van der Waals surface area (Å²) in [5, 5.41) is 13.0. The molecule has 0 aliphatic carbocycles. The van der Waals surface area contributed by atoms with Crippen LogP contribution in [0.3, 0.4) is 0 Å². The first-order valence-electron chi connectivity index (χ1n) is 6.95. The van der Waals surface area contributed by atoms with E-state index >= 15 is 0 Å². The van der Waals surface area contributed by atoms with Crippen LogP contribution in [-0.4, -0.2) is 12.8 Å². The van der Waals surface area contributed by atoms with Crippen molar-refractivity contribution in [1.29, 1.82) is 5.26 Å². The van der Waals surface area contributed by atoms with Crippen LogP contribution < -0.4 is 4.74 Å². The molecule has 0 saturated heterocycles. The van der Waals surface area contributed by atoms with E-state index in [2.05, 4.69) is 11.2 Å². The molecule has 0 aromatic heterocycles. The molecule has 0 heterocycles. The van der Waals surface area contributed by atoms with Crippen LogP contribution in [0.15, 0.2) is 47.6 Å². The molecule has 0 atom stereocenters. The Bertz CT molecular complexity index is 730. The Kier molecular flexibility index (Phi) is 5.16. The highest BCUT2D eigenvalue weighted by Crippen LogP contribution is 2.21. The fourth-order valence-electron chi connectivity index (χ4n) is 2.12. The molecule has 2 aromatic rings. The number of hydrogen-bond acceptors (Lipinski definition) is 4. The van der Waals surface area contributed by atoms with E-state index in [4.69, 9.17) is 9.57 Å². The minimum Gasteiger partial charge on any atom is -0.489 e. The van der Waals surface area contributed by atoms with Gasteiger partial charge >= 0.3 is 0 Å². The second-order valence-electron chi connectivity index (χ2n) is 4.95. The molecule has 0 aliphatic rings. The molecule has 0 aliphatic heterocycles. The highest BCUT2D eigenvalue weighted by molar-refractivity contribution is 6.12. The molecule has 0 radical (unpaired) electrons. The topological polar surface area (TPSA) is 54.6 Å². The first kappa shape index (κ1) is 15.6. The molecular weight excluding hydrogens is 276 g/mol. The average Bonchev–Trinajstić information content (AvgIpc) is 2.54. The molecule has 0 spiro atoms. The fourth-order valence-corrected chi connectivity index (χ4v) is 2.12. The number of aryl methyl sites for hydroxylation is 2. The number of benzene rings is 2. The highest BCUT2D eigenvalue weighted by Gasteiger charge is 2.10. The molecule has 0 bridgehead atoms. The molecule has 2 aromatic carbocycles. The summed E-state index contributed by atoms with van der Waals surface area (Å²) < 4.78 is 5.91. The summed E-state index contributed by atoms with van der Waals surface area (Å²) in [6, 6.07) is 15.7. The van der Waals surface area contributed by atoms with Gasteiger partial charge in [-0.3, -0.25) is 0 Å². The van der Waals surface area contributed by atoms with E-state index in [9.17, 15) is 5.26 Å². The molecule has 4 heteroatoms. The number of nitriles is 1. The molecule has 0 saturated carbocycles. The second kappa shape index (κ2) is 7.28. The summed E-state index contributed by atoms with van der Waals surface area (Å²) in [6.45, 7) is 4.40. The van der Waals surface area contributed by atoms with Gasteiger partial charge in [-0.1, -0.05) is 41.6 Å². The van der Waals surface area contributed by atoms with Gasteiger partial charge in [0.2, 0.25) is 0 Å². The van der Waals surface area contributed by atoms with Gasteiger partial charge < -0.3 is 9.57 Å². The van der Waals surface area contributed by atoms with Crippen LogP contribution in [0.4, 0.5) is 0 Å². The van der Waals surface area contributed by atoms with E-state index in [1.54, 1.807) is 0 Å². The molecule has 22 heavy (non-hydrogen) atoms. The van der Waals surface area contributed by atoms with E-state index in [0.29, 0.717) is 6.61 Å². The van der Waals surface area contributed by atoms with Gasteiger partial charge in [0, 0.05) is 5.56 Å². The van der Waals surface area contributed by atoms with Crippen molar-refractivity contribution in [3.63, 3.8) is 0 Å². The lowest BCUT2D eigenvalue weighted by Crippen LogP contribution is -2.06. The van der Waals surface area contributed by atoms with Crippen LogP contribution in [0.25, 0.3) is 0 Å². The molecule has 0 N–H and O–H groups in total. The molecule has 0 fully saturated rings. The summed E-state index contributed by atoms with van der Waals surface area (Å²) in [5.41, 5.74) is 4.07. The molecule has 4 nitrogen and oxygen atoms in total. The zero-order chi connectivity index (χ0) is 15.9. The quantitative estimate of drug-likeness (QED) is 0.623. The minimum absolute atomic E-state index is 0.239. The Hall–Kier alpha value is -2.80. The Balaban J connectivity index is 2.26. The number of nitrogens with zero attached hydrogens (tertiary/aromatic N) is 2. The molecule has 0 amide bonds. The predicted octanol–water partition coefficient (Wildman–Crippen LogP) is 3.76. The van der Waals surface area contributed by atoms with Gasteiger partial charge in [0.1, 0.15) is 25.5 Å². The third kappa shape index (κ3) is 3.64. The van der Waals surface area contributed by atoms with Crippen molar-refractivity contribution in [3.8, 4) is 11.8 Å². The third-order valence-electron chi connectivity index (χ3n) is 3.29. The largest absolute Gasteiger partial charge is 0.489 e. The van der Waals surface area contributed by atoms with Crippen molar-refractivity contribution in [2.75, 3.05) is 7.11 Å². The van der Waals surface area contributed by atoms with E-state index < -0.39 is 0 Å². The normalized spacial score (nSPS) is 10.9. The minimum atomic E-state index is 0.239. The van der Waals surface area contributed by atoms with E-state index in [1.165, 1.54) is 7.11 Å². The predicted molar refractivity (Wildman–Crippen MR) is 85.8 cm³/mol. The molecule has 2 rings (SSSR count). The molecule has 0 unspecified atom stereocenters. The summed E-state index contributed by atoms with van der Waals surface area (Å²) in [7, 11) is 1.42. The van der Waals surface area contributed by atoms with Gasteiger partial charge in [0.15, 0.2) is 5.71 Å². The van der Waals surface area contributed by atoms with Crippen LogP contribution in [0.2, 0.25) is 0 Å². The van der Waals surface area contributed by atoms with Gasteiger partial charge in [0.25, 0.3) is 0 Å². The van der Waals surface area contributed by atoms with Crippen LogP contribution in [-0.2, 0) is 11.4 Å². The summed E-state index contributed by atoms with van der Waals surface area (Å²) in [6.07, 6.45) is 0. The third-order valence-corrected chi connectivity index (χ3v) is 3.29. The molecule has 112 valence electrons. The fraction of sp³-hybridized carbons (Fsp3) is 0.222.